The normalized spacial score (nSPS) is 19.2. The molecule has 92 valence electrons. The summed E-state index contributed by atoms with van der Waals surface area (Å²) in [7, 11) is 0. The van der Waals surface area contributed by atoms with E-state index >= 15 is 0 Å². The highest BCUT2D eigenvalue weighted by atomic mass is 79.9. The van der Waals surface area contributed by atoms with E-state index in [4.69, 9.17) is 5.11 Å². The van der Waals surface area contributed by atoms with Crippen LogP contribution in [0.4, 0.5) is 5.69 Å². The molecule has 17 heavy (non-hydrogen) atoms. The van der Waals surface area contributed by atoms with Crippen LogP contribution in [-0.4, -0.2) is 29.1 Å². The van der Waals surface area contributed by atoms with Crippen molar-refractivity contribution in [2.24, 2.45) is 5.92 Å². The van der Waals surface area contributed by atoms with Crippen LogP contribution in [0.2, 0.25) is 0 Å². The van der Waals surface area contributed by atoms with Crippen molar-refractivity contribution in [1.82, 2.24) is 0 Å². The molecule has 0 aliphatic carbocycles. The van der Waals surface area contributed by atoms with Gasteiger partial charge in [0.15, 0.2) is 0 Å². The third-order valence-electron chi connectivity index (χ3n) is 2.82. The summed E-state index contributed by atoms with van der Waals surface area (Å²) >= 11 is 5.25. The highest BCUT2D eigenvalue weighted by Gasteiger charge is 2.16. The molecule has 3 nitrogen and oxygen atoms in total. The van der Waals surface area contributed by atoms with Crippen LogP contribution < -0.4 is 5.32 Å². The van der Waals surface area contributed by atoms with Crippen LogP contribution in [0.15, 0.2) is 22.7 Å². The summed E-state index contributed by atoms with van der Waals surface area (Å²) in [5, 5.41) is 12.4. The number of benzene rings is 1. The summed E-state index contributed by atoms with van der Waals surface area (Å²) < 4.78 is 0.789. The van der Waals surface area contributed by atoms with Gasteiger partial charge in [-0.15, -0.1) is 0 Å². The Balaban J connectivity index is 2.06. The number of hydrogen-bond donors (Lipinski definition) is 2. The van der Waals surface area contributed by atoms with Gasteiger partial charge in [0.2, 0.25) is 0 Å². The molecule has 0 bridgehead atoms. The molecule has 1 aliphatic heterocycles. The fraction of sp³-hybridized carbons (Fsp3) is 0.417. The van der Waals surface area contributed by atoms with Gasteiger partial charge in [0.05, 0.1) is 5.56 Å². The van der Waals surface area contributed by atoms with Crippen molar-refractivity contribution in [2.75, 3.05) is 23.4 Å². The van der Waals surface area contributed by atoms with Gasteiger partial charge in [-0.05, 0) is 42.0 Å². The molecule has 0 amide bonds. The molecule has 1 saturated heterocycles. The van der Waals surface area contributed by atoms with Gasteiger partial charge in [-0.2, -0.15) is 11.8 Å². The van der Waals surface area contributed by atoms with Crippen molar-refractivity contribution in [3.63, 3.8) is 0 Å². The maximum absolute atomic E-state index is 11.1. The zero-order valence-corrected chi connectivity index (χ0v) is 11.7. The highest BCUT2D eigenvalue weighted by Crippen LogP contribution is 2.25. The third kappa shape index (κ3) is 3.39. The van der Waals surface area contributed by atoms with Gasteiger partial charge >= 0.3 is 5.97 Å². The highest BCUT2D eigenvalue weighted by molar-refractivity contribution is 9.10. The number of hydrogen-bond acceptors (Lipinski definition) is 3. The topological polar surface area (TPSA) is 49.3 Å². The average molecular weight is 316 g/mol. The molecule has 2 N–H and O–H groups in total. The smallest absolute Gasteiger partial charge is 0.337 e. The maximum Gasteiger partial charge on any atom is 0.337 e. The molecule has 0 radical (unpaired) electrons. The Labute approximate surface area is 113 Å². The first-order valence-electron chi connectivity index (χ1n) is 5.51. The monoisotopic (exact) mass is 315 g/mol. The first-order valence-corrected chi connectivity index (χ1v) is 7.46. The zero-order chi connectivity index (χ0) is 12.3. The van der Waals surface area contributed by atoms with Gasteiger partial charge in [0.25, 0.3) is 0 Å². The van der Waals surface area contributed by atoms with E-state index in [1.807, 2.05) is 23.9 Å². The summed E-state index contributed by atoms with van der Waals surface area (Å²) in [5.74, 6) is 2.16. The van der Waals surface area contributed by atoms with E-state index in [0.717, 1.165) is 11.0 Å². The second-order valence-corrected chi connectivity index (χ2v) is 6.17. The lowest BCUT2D eigenvalue weighted by atomic mass is 10.1. The molecule has 1 unspecified atom stereocenters. The van der Waals surface area contributed by atoms with Crippen molar-refractivity contribution in [1.29, 1.82) is 0 Å². The maximum atomic E-state index is 11.1. The SMILES string of the molecule is O=C(O)c1cc(Br)ccc1NCC1CCSC1. The van der Waals surface area contributed by atoms with Crippen LogP contribution in [0, 0.1) is 5.92 Å². The molecule has 1 fully saturated rings. The zero-order valence-electron chi connectivity index (χ0n) is 9.28. The molecule has 1 atom stereocenters. The first kappa shape index (κ1) is 12.8. The van der Waals surface area contributed by atoms with Crippen LogP contribution >= 0.6 is 27.7 Å². The predicted octanol–water partition coefficient (Wildman–Crippen LogP) is 3.31. The second-order valence-electron chi connectivity index (χ2n) is 4.11. The number of anilines is 1. The van der Waals surface area contributed by atoms with E-state index in [1.54, 1.807) is 6.07 Å². The Kier molecular flexibility index (Phi) is 4.34. The second kappa shape index (κ2) is 5.78. The molecule has 5 heteroatoms. The summed E-state index contributed by atoms with van der Waals surface area (Å²) in [6, 6.07) is 5.31. The number of rotatable bonds is 4. The fourth-order valence-corrected chi connectivity index (χ4v) is 3.49. The van der Waals surface area contributed by atoms with Gasteiger partial charge in [0.1, 0.15) is 0 Å². The van der Waals surface area contributed by atoms with Crippen LogP contribution in [0.3, 0.4) is 0 Å². The lowest BCUT2D eigenvalue weighted by Gasteiger charge is -2.13. The summed E-state index contributed by atoms with van der Waals surface area (Å²) in [6.45, 7) is 0.856. The van der Waals surface area contributed by atoms with E-state index in [-0.39, 0.29) is 0 Å². The van der Waals surface area contributed by atoms with Gasteiger partial charge < -0.3 is 10.4 Å². The number of aromatic carboxylic acids is 1. The van der Waals surface area contributed by atoms with Crippen LogP contribution in [0.1, 0.15) is 16.8 Å². The number of carboxylic acids is 1. The molecular formula is C12H14BrNO2S. The number of halogens is 1. The lowest BCUT2D eigenvalue weighted by Crippen LogP contribution is -2.15. The Morgan fingerprint density at radius 1 is 1.59 bits per heavy atom. The lowest BCUT2D eigenvalue weighted by molar-refractivity contribution is 0.0698. The minimum atomic E-state index is -0.894. The van der Waals surface area contributed by atoms with Gasteiger partial charge in [-0.25, -0.2) is 4.79 Å². The predicted molar refractivity (Wildman–Crippen MR) is 75.0 cm³/mol. The first-order chi connectivity index (χ1) is 8.16. The third-order valence-corrected chi connectivity index (χ3v) is 4.54. The van der Waals surface area contributed by atoms with E-state index in [9.17, 15) is 4.79 Å². The van der Waals surface area contributed by atoms with Crippen molar-refractivity contribution in [3.05, 3.63) is 28.2 Å². The van der Waals surface area contributed by atoms with Gasteiger partial charge in [-0.3, -0.25) is 0 Å². The number of nitrogens with one attached hydrogen (secondary N) is 1. The molecule has 1 aromatic carbocycles. The molecule has 0 aromatic heterocycles. The Bertz CT molecular complexity index is 419. The number of carboxylic acid groups (broad SMARTS) is 1. The van der Waals surface area contributed by atoms with E-state index in [2.05, 4.69) is 21.2 Å². The molecule has 1 heterocycles. The quantitative estimate of drug-likeness (QED) is 0.895. The van der Waals surface area contributed by atoms with E-state index in [1.165, 1.54) is 17.9 Å². The molecule has 0 saturated carbocycles. The Hall–Kier alpha value is -0.680. The number of thioether (sulfide) groups is 1. The largest absolute Gasteiger partial charge is 0.478 e. The molecule has 1 aromatic rings. The van der Waals surface area contributed by atoms with Crippen LogP contribution in [-0.2, 0) is 0 Å². The van der Waals surface area contributed by atoms with Gasteiger partial charge in [-0.1, -0.05) is 15.9 Å². The van der Waals surface area contributed by atoms with Crippen molar-refractivity contribution >= 4 is 39.3 Å². The summed E-state index contributed by atoms with van der Waals surface area (Å²) in [6.07, 6.45) is 1.22. The molecule has 1 aliphatic rings. The van der Waals surface area contributed by atoms with E-state index in [0.29, 0.717) is 17.2 Å². The fourth-order valence-electron chi connectivity index (χ4n) is 1.85. The Morgan fingerprint density at radius 2 is 2.41 bits per heavy atom. The molecular weight excluding hydrogens is 302 g/mol. The minimum absolute atomic E-state index is 0.324. The standard InChI is InChI=1S/C12H14BrNO2S/c13-9-1-2-11(10(5-9)12(15)16)14-6-8-3-4-17-7-8/h1-2,5,8,14H,3-4,6-7H2,(H,15,16). The van der Waals surface area contributed by atoms with Crippen LogP contribution in [0.5, 0.6) is 0 Å². The average Bonchev–Trinajstić information content (AvgIpc) is 2.80. The Morgan fingerprint density at radius 3 is 3.06 bits per heavy atom. The molecule has 2 rings (SSSR count). The minimum Gasteiger partial charge on any atom is -0.478 e. The summed E-state index contributed by atoms with van der Waals surface area (Å²) in [4.78, 5) is 11.1. The number of carbonyl (C=O) groups is 1. The van der Waals surface area contributed by atoms with Gasteiger partial charge in [0, 0.05) is 16.7 Å². The van der Waals surface area contributed by atoms with E-state index < -0.39 is 5.97 Å². The van der Waals surface area contributed by atoms with Crippen molar-refractivity contribution < 1.29 is 9.90 Å². The van der Waals surface area contributed by atoms with Crippen LogP contribution in [0.25, 0.3) is 0 Å². The van der Waals surface area contributed by atoms with Crippen molar-refractivity contribution in [3.8, 4) is 0 Å². The summed E-state index contributed by atoms with van der Waals surface area (Å²) in [5.41, 5.74) is 1.03. The van der Waals surface area contributed by atoms with Crippen molar-refractivity contribution in [2.45, 2.75) is 6.42 Å². The molecule has 0 spiro atoms.